The molecule has 0 unspecified atom stereocenters. The number of hydrogen-bond donors (Lipinski definition) is 1. The minimum absolute atomic E-state index is 0.141. The van der Waals surface area contributed by atoms with E-state index >= 15 is 0 Å². The van der Waals surface area contributed by atoms with Gasteiger partial charge in [-0.3, -0.25) is 4.79 Å². The topological polar surface area (TPSA) is 70.7 Å². The SMILES string of the molecule is Cc1ccc(-c2cc(C(=O)NCC3CCCC3)nn2-c2ccc(C#N)cc2)cc1. The van der Waals surface area contributed by atoms with Gasteiger partial charge in [0.1, 0.15) is 0 Å². The molecular formula is C24H24N4O. The number of nitriles is 1. The highest BCUT2D eigenvalue weighted by atomic mass is 16.1. The van der Waals surface area contributed by atoms with Crippen molar-refractivity contribution in [3.63, 3.8) is 0 Å². The van der Waals surface area contributed by atoms with Crippen LogP contribution in [-0.4, -0.2) is 22.2 Å². The summed E-state index contributed by atoms with van der Waals surface area (Å²) in [6.45, 7) is 2.76. The number of carbonyl (C=O) groups is 1. The zero-order chi connectivity index (χ0) is 20.2. The molecule has 1 heterocycles. The number of nitrogens with zero attached hydrogens (tertiary/aromatic N) is 3. The molecule has 2 aromatic carbocycles. The predicted molar refractivity (Wildman–Crippen MR) is 113 cm³/mol. The van der Waals surface area contributed by atoms with Gasteiger partial charge in [0.25, 0.3) is 5.91 Å². The summed E-state index contributed by atoms with van der Waals surface area (Å²) < 4.78 is 1.77. The summed E-state index contributed by atoms with van der Waals surface area (Å²) in [5.74, 6) is 0.439. The maximum Gasteiger partial charge on any atom is 0.271 e. The van der Waals surface area contributed by atoms with Crippen LogP contribution in [0.25, 0.3) is 16.9 Å². The fraction of sp³-hybridized carbons (Fsp3) is 0.292. The van der Waals surface area contributed by atoms with E-state index in [9.17, 15) is 4.79 Å². The Morgan fingerprint density at radius 3 is 2.48 bits per heavy atom. The summed E-state index contributed by atoms with van der Waals surface area (Å²) in [5.41, 5.74) is 4.82. The van der Waals surface area contributed by atoms with E-state index in [0.717, 1.165) is 16.9 Å². The standard InChI is InChI=1S/C24H24N4O/c1-17-6-10-20(11-7-17)23-14-22(24(29)26-16-19-4-2-3-5-19)27-28(23)21-12-8-18(15-25)9-13-21/h6-14,19H,2-5,16H2,1H3,(H,26,29). The summed E-state index contributed by atoms with van der Waals surface area (Å²) >= 11 is 0. The zero-order valence-corrected chi connectivity index (χ0v) is 16.6. The Morgan fingerprint density at radius 1 is 1.14 bits per heavy atom. The average molecular weight is 384 g/mol. The van der Waals surface area contributed by atoms with Crippen molar-refractivity contribution in [1.82, 2.24) is 15.1 Å². The van der Waals surface area contributed by atoms with Crippen LogP contribution in [0, 0.1) is 24.2 Å². The summed E-state index contributed by atoms with van der Waals surface area (Å²) in [6, 6.07) is 19.4. The van der Waals surface area contributed by atoms with Crippen LogP contribution in [0.4, 0.5) is 0 Å². The Kier molecular flexibility index (Phi) is 5.44. The molecule has 29 heavy (non-hydrogen) atoms. The summed E-state index contributed by atoms with van der Waals surface area (Å²) in [4.78, 5) is 12.8. The van der Waals surface area contributed by atoms with Gasteiger partial charge in [0.15, 0.2) is 5.69 Å². The maximum atomic E-state index is 12.8. The van der Waals surface area contributed by atoms with Crippen molar-refractivity contribution in [1.29, 1.82) is 5.26 Å². The molecule has 1 saturated carbocycles. The molecule has 3 aromatic rings. The van der Waals surface area contributed by atoms with E-state index < -0.39 is 0 Å². The highest BCUT2D eigenvalue weighted by Gasteiger charge is 2.19. The Labute approximate surface area is 171 Å². The van der Waals surface area contributed by atoms with Gasteiger partial charge in [-0.15, -0.1) is 0 Å². The third-order valence-corrected chi connectivity index (χ3v) is 5.56. The van der Waals surface area contributed by atoms with E-state index in [4.69, 9.17) is 5.26 Å². The molecule has 1 aliphatic carbocycles. The maximum absolute atomic E-state index is 12.8. The number of carbonyl (C=O) groups excluding carboxylic acids is 1. The first-order valence-electron chi connectivity index (χ1n) is 10.1. The van der Waals surface area contributed by atoms with E-state index in [-0.39, 0.29) is 5.91 Å². The lowest BCUT2D eigenvalue weighted by Crippen LogP contribution is -2.28. The Hall–Kier alpha value is -3.39. The lowest BCUT2D eigenvalue weighted by Gasteiger charge is -2.09. The second-order valence-corrected chi connectivity index (χ2v) is 7.71. The molecule has 1 aromatic heterocycles. The number of aryl methyl sites for hydroxylation is 1. The molecule has 1 aliphatic rings. The van der Waals surface area contributed by atoms with Crippen molar-refractivity contribution in [2.45, 2.75) is 32.6 Å². The zero-order valence-electron chi connectivity index (χ0n) is 16.6. The first-order valence-corrected chi connectivity index (χ1v) is 10.1. The lowest BCUT2D eigenvalue weighted by molar-refractivity contribution is 0.0942. The highest BCUT2D eigenvalue weighted by molar-refractivity contribution is 5.93. The molecule has 5 heteroatoms. The molecule has 0 aliphatic heterocycles. The van der Waals surface area contributed by atoms with Crippen molar-refractivity contribution in [3.8, 4) is 23.0 Å². The summed E-state index contributed by atoms with van der Waals surface area (Å²) in [7, 11) is 0. The molecule has 1 amide bonds. The van der Waals surface area contributed by atoms with Crippen LogP contribution in [0.1, 0.15) is 47.3 Å². The smallest absolute Gasteiger partial charge is 0.271 e. The lowest BCUT2D eigenvalue weighted by atomic mass is 10.1. The van der Waals surface area contributed by atoms with Crippen LogP contribution >= 0.6 is 0 Å². The molecule has 1 fully saturated rings. The van der Waals surface area contributed by atoms with Gasteiger partial charge in [0.05, 0.1) is 23.0 Å². The van der Waals surface area contributed by atoms with E-state index in [1.807, 2.05) is 49.4 Å². The van der Waals surface area contributed by atoms with Gasteiger partial charge in [0.2, 0.25) is 0 Å². The van der Waals surface area contributed by atoms with Crippen molar-refractivity contribution in [3.05, 3.63) is 71.4 Å². The van der Waals surface area contributed by atoms with Crippen molar-refractivity contribution in [2.24, 2.45) is 5.92 Å². The van der Waals surface area contributed by atoms with Crippen LogP contribution < -0.4 is 5.32 Å². The summed E-state index contributed by atoms with van der Waals surface area (Å²) in [5, 5.41) is 16.7. The second kappa shape index (κ2) is 8.32. The Morgan fingerprint density at radius 2 is 1.83 bits per heavy atom. The van der Waals surface area contributed by atoms with Gasteiger partial charge in [-0.25, -0.2) is 4.68 Å². The van der Waals surface area contributed by atoms with Crippen molar-refractivity contribution < 1.29 is 4.79 Å². The van der Waals surface area contributed by atoms with Crippen LogP contribution in [0.2, 0.25) is 0 Å². The quantitative estimate of drug-likeness (QED) is 0.697. The molecule has 0 radical (unpaired) electrons. The van der Waals surface area contributed by atoms with Crippen molar-refractivity contribution in [2.75, 3.05) is 6.54 Å². The van der Waals surface area contributed by atoms with Gasteiger partial charge in [-0.1, -0.05) is 42.7 Å². The first-order chi connectivity index (χ1) is 14.1. The molecule has 0 bridgehead atoms. The van der Waals surface area contributed by atoms with E-state index in [2.05, 4.69) is 16.5 Å². The monoisotopic (exact) mass is 384 g/mol. The van der Waals surface area contributed by atoms with Crippen molar-refractivity contribution >= 4 is 5.91 Å². The highest BCUT2D eigenvalue weighted by Crippen LogP contribution is 2.26. The first kappa shape index (κ1) is 18.9. The van der Waals surface area contributed by atoms with Gasteiger partial charge < -0.3 is 5.32 Å². The number of aromatic nitrogens is 2. The van der Waals surface area contributed by atoms with Gasteiger partial charge in [-0.2, -0.15) is 10.4 Å². The fourth-order valence-corrected chi connectivity index (χ4v) is 3.84. The largest absolute Gasteiger partial charge is 0.350 e. The number of hydrogen-bond acceptors (Lipinski definition) is 3. The van der Waals surface area contributed by atoms with Crippen LogP contribution in [0.15, 0.2) is 54.6 Å². The number of amides is 1. The van der Waals surface area contributed by atoms with Gasteiger partial charge >= 0.3 is 0 Å². The van der Waals surface area contributed by atoms with Gasteiger partial charge in [-0.05, 0) is 56.0 Å². The van der Waals surface area contributed by atoms with Crippen LogP contribution in [-0.2, 0) is 0 Å². The third kappa shape index (κ3) is 4.22. The van der Waals surface area contributed by atoms with Crippen LogP contribution in [0.5, 0.6) is 0 Å². The van der Waals surface area contributed by atoms with Gasteiger partial charge in [0, 0.05) is 12.1 Å². The van der Waals surface area contributed by atoms with E-state index in [1.54, 1.807) is 16.8 Å². The number of rotatable bonds is 5. The third-order valence-electron chi connectivity index (χ3n) is 5.56. The predicted octanol–water partition coefficient (Wildman–Crippen LogP) is 4.64. The normalized spacial score (nSPS) is 13.9. The Balaban J connectivity index is 1.66. The fourth-order valence-electron chi connectivity index (χ4n) is 3.84. The summed E-state index contributed by atoms with van der Waals surface area (Å²) in [6.07, 6.45) is 4.89. The van der Waals surface area contributed by atoms with E-state index in [1.165, 1.54) is 31.2 Å². The van der Waals surface area contributed by atoms with Crippen LogP contribution in [0.3, 0.4) is 0 Å². The minimum Gasteiger partial charge on any atom is -0.350 e. The molecule has 0 spiro atoms. The molecule has 0 atom stereocenters. The molecule has 0 saturated heterocycles. The number of benzene rings is 2. The molecule has 4 rings (SSSR count). The average Bonchev–Trinajstić information content (AvgIpc) is 3.43. The molecular weight excluding hydrogens is 360 g/mol. The minimum atomic E-state index is -0.141. The molecule has 1 N–H and O–H groups in total. The Bertz CT molecular complexity index is 1040. The van der Waals surface area contributed by atoms with E-state index in [0.29, 0.717) is 23.7 Å². The number of nitrogens with one attached hydrogen (secondary N) is 1. The molecule has 5 nitrogen and oxygen atoms in total. The molecule has 146 valence electrons. The second-order valence-electron chi connectivity index (χ2n) is 7.71.